The van der Waals surface area contributed by atoms with Gasteiger partial charge in [-0.05, 0) is 50.4 Å². The Morgan fingerprint density at radius 1 is 1.45 bits per heavy atom. The predicted molar refractivity (Wildman–Crippen MR) is 80.4 cm³/mol. The van der Waals surface area contributed by atoms with Crippen LogP contribution in [-0.4, -0.2) is 30.5 Å². The lowest BCUT2D eigenvalue weighted by Crippen LogP contribution is -2.48. The molecule has 4 heteroatoms. The summed E-state index contributed by atoms with van der Waals surface area (Å²) in [5.74, 6) is 0.241. The van der Waals surface area contributed by atoms with Crippen molar-refractivity contribution in [2.24, 2.45) is 5.41 Å². The maximum atomic E-state index is 12.5. The molecule has 2 rings (SSSR count). The second-order valence-electron chi connectivity index (χ2n) is 5.65. The maximum Gasteiger partial charge on any atom is 0.226 e. The molecule has 0 atom stereocenters. The molecule has 20 heavy (non-hydrogen) atoms. The van der Waals surface area contributed by atoms with Gasteiger partial charge in [0.05, 0.1) is 5.41 Å². The summed E-state index contributed by atoms with van der Waals surface area (Å²) in [6.45, 7) is 4.77. The molecule has 1 saturated heterocycles. The summed E-state index contributed by atoms with van der Waals surface area (Å²) >= 11 is 0. The zero-order chi connectivity index (χ0) is 14.3. The van der Waals surface area contributed by atoms with E-state index >= 15 is 0 Å². The fourth-order valence-electron chi connectivity index (χ4n) is 3.03. The van der Waals surface area contributed by atoms with Crippen molar-refractivity contribution < 1.29 is 4.79 Å². The van der Waals surface area contributed by atoms with Crippen LogP contribution in [0.4, 0.5) is 0 Å². The highest BCUT2D eigenvalue weighted by atomic mass is 16.2. The summed E-state index contributed by atoms with van der Waals surface area (Å²) in [6.07, 6.45) is 8.45. The molecule has 0 saturated carbocycles. The van der Waals surface area contributed by atoms with Gasteiger partial charge in [0.1, 0.15) is 0 Å². The number of nitrogens with one attached hydrogen (secondary N) is 2. The van der Waals surface area contributed by atoms with Crippen LogP contribution >= 0.6 is 0 Å². The quantitative estimate of drug-likeness (QED) is 0.834. The van der Waals surface area contributed by atoms with Gasteiger partial charge in [0.25, 0.3) is 0 Å². The third-order valence-corrected chi connectivity index (χ3v) is 4.19. The van der Waals surface area contributed by atoms with E-state index in [9.17, 15) is 4.79 Å². The molecule has 0 spiro atoms. The van der Waals surface area contributed by atoms with Crippen molar-refractivity contribution in [3.05, 3.63) is 30.1 Å². The molecule has 1 fully saturated rings. The number of nitrogens with zero attached hydrogens (tertiary/aromatic N) is 1. The molecule has 0 aromatic carbocycles. The molecule has 0 unspecified atom stereocenters. The standard InChI is InChI=1S/C16H25N3O/c1-2-6-16(7-11-17-12-8-16)15(20)19-10-5-14-4-3-9-18-13-14/h3-4,9,13,17H,2,5-8,10-12H2,1H3,(H,19,20). The lowest BCUT2D eigenvalue weighted by atomic mass is 9.74. The maximum absolute atomic E-state index is 12.5. The molecule has 0 radical (unpaired) electrons. The van der Waals surface area contributed by atoms with Crippen molar-refractivity contribution in [1.82, 2.24) is 15.6 Å². The van der Waals surface area contributed by atoms with Crippen molar-refractivity contribution in [3.8, 4) is 0 Å². The third-order valence-electron chi connectivity index (χ3n) is 4.19. The third kappa shape index (κ3) is 3.79. The van der Waals surface area contributed by atoms with Crippen LogP contribution in [0.15, 0.2) is 24.5 Å². The average Bonchev–Trinajstić information content (AvgIpc) is 2.49. The van der Waals surface area contributed by atoms with Gasteiger partial charge in [0.15, 0.2) is 0 Å². The smallest absolute Gasteiger partial charge is 0.226 e. The average molecular weight is 275 g/mol. The van der Waals surface area contributed by atoms with Gasteiger partial charge >= 0.3 is 0 Å². The zero-order valence-electron chi connectivity index (χ0n) is 12.3. The molecule has 110 valence electrons. The van der Waals surface area contributed by atoms with Gasteiger partial charge in [-0.15, -0.1) is 0 Å². The molecule has 2 heterocycles. The molecule has 1 aliphatic rings. The number of carbonyl (C=O) groups excluding carboxylic acids is 1. The second kappa shape index (κ2) is 7.39. The molecule has 0 bridgehead atoms. The Morgan fingerprint density at radius 2 is 2.25 bits per heavy atom. The summed E-state index contributed by atoms with van der Waals surface area (Å²) in [6, 6.07) is 3.98. The topological polar surface area (TPSA) is 54.0 Å². The molecule has 0 aliphatic carbocycles. The molecular weight excluding hydrogens is 250 g/mol. The van der Waals surface area contributed by atoms with Crippen molar-refractivity contribution in [3.63, 3.8) is 0 Å². The molecule has 1 aliphatic heterocycles. The van der Waals surface area contributed by atoms with E-state index in [1.54, 1.807) is 6.20 Å². The van der Waals surface area contributed by atoms with Crippen LogP contribution in [0.5, 0.6) is 0 Å². The van der Waals surface area contributed by atoms with Gasteiger partial charge in [-0.3, -0.25) is 9.78 Å². The summed E-state index contributed by atoms with van der Waals surface area (Å²) in [4.78, 5) is 16.6. The Hall–Kier alpha value is -1.42. The number of amides is 1. The number of carbonyl (C=O) groups is 1. The highest BCUT2D eigenvalue weighted by Gasteiger charge is 2.38. The Balaban J connectivity index is 1.85. The largest absolute Gasteiger partial charge is 0.355 e. The first kappa shape index (κ1) is 15.0. The van der Waals surface area contributed by atoms with Crippen LogP contribution in [0.1, 0.15) is 38.2 Å². The Morgan fingerprint density at radius 3 is 2.90 bits per heavy atom. The SMILES string of the molecule is CCCC1(C(=O)NCCc2cccnc2)CCNCC1. The molecule has 4 nitrogen and oxygen atoms in total. The van der Waals surface area contributed by atoms with Gasteiger partial charge in [-0.25, -0.2) is 0 Å². The zero-order valence-corrected chi connectivity index (χ0v) is 12.3. The highest BCUT2D eigenvalue weighted by molar-refractivity contribution is 5.82. The van der Waals surface area contributed by atoms with Crippen LogP contribution < -0.4 is 10.6 Å². The minimum Gasteiger partial charge on any atom is -0.355 e. The van der Waals surface area contributed by atoms with Crippen molar-refractivity contribution in [2.75, 3.05) is 19.6 Å². The summed E-state index contributed by atoms with van der Waals surface area (Å²) in [5.41, 5.74) is 1.03. The van der Waals surface area contributed by atoms with Gasteiger partial charge in [0.2, 0.25) is 5.91 Å². The first-order chi connectivity index (χ1) is 9.77. The van der Waals surface area contributed by atoms with Gasteiger partial charge in [0, 0.05) is 18.9 Å². The van der Waals surface area contributed by atoms with Crippen LogP contribution in [0.3, 0.4) is 0 Å². The number of pyridine rings is 1. The van der Waals surface area contributed by atoms with E-state index in [1.807, 2.05) is 18.3 Å². The molecule has 1 aromatic heterocycles. The van der Waals surface area contributed by atoms with Gasteiger partial charge < -0.3 is 10.6 Å². The van der Waals surface area contributed by atoms with Crippen molar-refractivity contribution in [1.29, 1.82) is 0 Å². The number of piperidine rings is 1. The predicted octanol–water partition coefficient (Wildman–Crippen LogP) is 1.91. The first-order valence-corrected chi connectivity index (χ1v) is 7.65. The molecule has 1 aromatic rings. The minimum absolute atomic E-state index is 0.144. The minimum atomic E-state index is -0.144. The lowest BCUT2D eigenvalue weighted by Gasteiger charge is -2.36. The molecule has 2 N–H and O–H groups in total. The van der Waals surface area contributed by atoms with E-state index in [1.165, 1.54) is 5.56 Å². The molecular formula is C16H25N3O. The van der Waals surface area contributed by atoms with E-state index < -0.39 is 0 Å². The fourth-order valence-corrected chi connectivity index (χ4v) is 3.03. The van der Waals surface area contributed by atoms with E-state index in [4.69, 9.17) is 0 Å². The number of hydrogen-bond acceptors (Lipinski definition) is 3. The summed E-state index contributed by atoms with van der Waals surface area (Å²) in [5, 5.41) is 6.48. The lowest BCUT2D eigenvalue weighted by molar-refractivity contribution is -0.133. The van der Waals surface area contributed by atoms with Gasteiger partial charge in [-0.2, -0.15) is 0 Å². The number of rotatable bonds is 6. The number of hydrogen-bond donors (Lipinski definition) is 2. The second-order valence-corrected chi connectivity index (χ2v) is 5.65. The van der Waals surface area contributed by atoms with Crippen LogP contribution in [0, 0.1) is 5.41 Å². The monoisotopic (exact) mass is 275 g/mol. The Labute approximate surface area is 121 Å². The van der Waals surface area contributed by atoms with Crippen LogP contribution in [0.2, 0.25) is 0 Å². The van der Waals surface area contributed by atoms with Crippen molar-refractivity contribution in [2.45, 2.75) is 39.0 Å². The highest BCUT2D eigenvalue weighted by Crippen LogP contribution is 2.34. The first-order valence-electron chi connectivity index (χ1n) is 7.65. The van der Waals surface area contributed by atoms with Crippen LogP contribution in [0.25, 0.3) is 0 Å². The van der Waals surface area contributed by atoms with Gasteiger partial charge in [-0.1, -0.05) is 19.4 Å². The Bertz CT molecular complexity index is 407. The van der Waals surface area contributed by atoms with E-state index in [0.29, 0.717) is 6.54 Å². The summed E-state index contributed by atoms with van der Waals surface area (Å²) < 4.78 is 0. The normalized spacial score (nSPS) is 17.6. The summed E-state index contributed by atoms with van der Waals surface area (Å²) in [7, 11) is 0. The fraction of sp³-hybridized carbons (Fsp3) is 0.625. The van der Waals surface area contributed by atoms with Crippen molar-refractivity contribution >= 4 is 5.91 Å². The number of aromatic nitrogens is 1. The van der Waals surface area contributed by atoms with E-state index in [2.05, 4.69) is 22.5 Å². The van der Waals surface area contributed by atoms with Crippen LogP contribution in [-0.2, 0) is 11.2 Å². The van der Waals surface area contributed by atoms with E-state index in [-0.39, 0.29) is 11.3 Å². The van der Waals surface area contributed by atoms with E-state index in [0.717, 1.165) is 45.2 Å². The molecule has 1 amide bonds. The Kier molecular flexibility index (Phi) is 5.53.